The number of hydrogen-bond acceptors (Lipinski definition) is 2. The molecule has 2 nitrogen and oxygen atoms in total. The van der Waals surface area contributed by atoms with Crippen molar-refractivity contribution in [2.75, 3.05) is 0 Å². The summed E-state index contributed by atoms with van der Waals surface area (Å²) >= 11 is 0. The summed E-state index contributed by atoms with van der Waals surface area (Å²) in [7, 11) is -1.10. The SMILES string of the molecule is CC(C)(C)S(=O)C=N. The molecule has 0 spiro atoms. The van der Waals surface area contributed by atoms with Crippen LogP contribution >= 0.6 is 0 Å². The predicted octanol–water partition coefficient (Wildman–Crippen LogP) is 1.14. The molecule has 0 aromatic heterocycles. The van der Waals surface area contributed by atoms with Crippen molar-refractivity contribution in [3.05, 3.63) is 0 Å². The molecule has 0 aliphatic heterocycles. The molecular weight excluding hydrogens is 122 g/mol. The highest BCUT2D eigenvalue weighted by Gasteiger charge is 2.16. The Hall–Kier alpha value is -0.180. The molecule has 0 saturated heterocycles. The second-order valence-corrected chi connectivity index (χ2v) is 4.58. The second kappa shape index (κ2) is 2.40. The van der Waals surface area contributed by atoms with E-state index < -0.39 is 10.8 Å². The highest BCUT2D eigenvalue weighted by Crippen LogP contribution is 2.07. The predicted molar refractivity (Wildman–Crippen MR) is 36.7 cm³/mol. The zero-order valence-corrected chi connectivity index (χ0v) is 6.21. The normalized spacial score (nSPS) is 15.4. The first-order valence-corrected chi connectivity index (χ1v) is 3.61. The van der Waals surface area contributed by atoms with Gasteiger partial charge >= 0.3 is 0 Å². The van der Waals surface area contributed by atoms with E-state index in [0.717, 1.165) is 5.55 Å². The summed E-state index contributed by atoms with van der Waals surface area (Å²) < 4.78 is 10.4. The van der Waals surface area contributed by atoms with E-state index in [1.54, 1.807) is 0 Å². The average Bonchev–Trinajstić information content (AvgIpc) is 1.62. The van der Waals surface area contributed by atoms with Gasteiger partial charge in [0.2, 0.25) is 0 Å². The largest absolute Gasteiger partial charge is 0.299 e. The van der Waals surface area contributed by atoms with Crippen LogP contribution in [0.15, 0.2) is 0 Å². The summed E-state index contributed by atoms with van der Waals surface area (Å²) in [4.78, 5) is 0. The molecule has 0 rings (SSSR count). The lowest BCUT2D eigenvalue weighted by Gasteiger charge is -2.12. The van der Waals surface area contributed by atoms with Crippen molar-refractivity contribution in [3.63, 3.8) is 0 Å². The van der Waals surface area contributed by atoms with Gasteiger partial charge in [-0.05, 0) is 20.8 Å². The monoisotopic (exact) mass is 133 g/mol. The highest BCUT2D eigenvalue weighted by atomic mass is 32.2. The third kappa shape index (κ3) is 2.21. The standard InChI is InChI=1S/C5H11NOS/c1-5(2,3)8(7)4-6/h4,6H,1-3H3. The van der Waals surface area contributed by atoms with E-state index in [2.05, 4.69) is 0 Å². The van der Waals surface area contributed by atoms with Gasteiger partial charge in [-0.25, -0.2) is 0 Å². The fourth-order valence-electron chi connectivity index (χ4n) is 0.177. The highest BCUT2D eigenvalue weighted by molar-refractivity contribution is 7.99. The molecule has 1 atom stereocenters. The zero-order valence-electron chi connectivity index (χ0n) is 5.39. The van der Waals surface area contributed by atoms with Crippen molar-refractivity contribution in [2.24, 2.45) is 0 Å². The van der Waals surface area contributed by atoms with Crippen LogP contribution in [-0.2, 0) is 10.8 Å². The van der Waals surface area contributed by atoms with Gasteiger partial charge in [-0.1, -0.05) is 0 Å². The minimum Gasteiger partial charge on any atom is -0.299 e. The maximum absolute atomic E-state index is 10.7. The topological polar surface area (TPSA) is 40.9 Å². The van der Waals surface area contributed by atoms with Gasteiger partial charge in [-0.15, -0.1) is 0 Å². The van der Waals surface area contributed by atoms with Crippen LogP contribution in [0.25, 0.3) is 0 Å². The van der Waals surface area contributed by atoms with Crippen molar-refractivity contribution >= 4 is 16.3 Å². The van der Waals surface area contributed by atoms with Gasteiger partial charge in [0.05, 0.1) is 16.3 Å². The molecular formula is C5H11NOS. The Labute approximate surface area is 52.3 Å². The van der Waals surface area contributed by atoms with Crippen molar-refractivity contribution in [1.82, 2.24) is 0 Å². The van der Waals surface area contributed by atoms with E-state index >= 15 is 0 Å². The van der Waals surface area contributed by atoms with Crippen molar-refractivity contribution in [1.29, 1.82) is 5.41 Å². The van der Waals surface area contributed by atoms with Crippen LogP contribution in [0, 0.1) is 5.41 Å². The van der Waals surface area contributed by atoms with E-state index in [9.17, 15) is 4.21 Å². The summed E-state index contributed by atoms with van der Waals surface area (Å²) in [5.74, 6) is 0. The molecule has 0 aliphatic carbocycles. The second-order valence-electron chi connectivity index (χ2n) is 2.53. The van der Waals surface area contributed by atoms with Gasteiger partial charge in [-0.3, -0.25) is 9.62 Å². The Morgan fingerprint density at radius 1 is 1.50 bits per heavy atom. The Bertz CT molecular complexity index is 114. The molecule has 1 unspecified atom stereocenters. The van der Waals surface area contributed by atoms with Crippen molar-refractivity contribution in [3.8, 4) is 0 Å². The molecule has 0 aliphatic rings. The summed E-state index contributed by atoms with van der Waals surface area (Å²) in [5, 5.41) is 6.64. The van der Waals surface area contributed by atoms with Gasteiger partial charge in [0, 0.05) is 4.75 Å². The van der Waals surface area contributed by atoms with E-state index in [0.29, 0.717) is 0 Å². The fraction of sp³-hybridized carbons (Fsp3) is 0.800. The summed E-state index contributed by atoms with van der Waals surface area (Å²) in [6.07, 6.45) is 0. The van der Waals surface area contributed by atoms with Gasteiger partial charge in [-0.2, -0.15) is 0 Å². The third-order valence-electron chi connectivity index (χ3n) is 0.711. The zero-order chi connectivity index (χ0) is 6.78. The number of hydrogen-bond donors (Lipinski definition) is 1. The fourth-order valence-corrected chi connectivity index (χ4v) is 0.530. The number of nitrogens with one attached hydrogen (secondary N) is 1. The van der Waals surface area contributed by atoms with Crippen LogP contribution in [0.4, 0.5) is 0 Å². The van der Waals surface area contributed by atoms with Crippen molar-refractivity contribution in [2.45, 2.75) is 25.5 Å². The molecule has 48 valence electrons. The molecule has 0 amide bonds. The van der Waals surface area contributed by atoms with Crippen molar-refractivity contribution < 1.29 is 4.21 Å². The molecule has 8 heavy (non-hydrogen) atoms. The van der Waals surface area contributed by atoms with Gasteiger partial charge in [0.15, 0.2) is 0 Å². The van der Waals surface area contributed by atoms with E-state index in [1.165, 1.54) is 0 Å². The first-order chi connectivity index (χ1) is 3.48. The van der Waals surface area contributed by atoms with Crippen LogP contribution in [0.1, 0.15) is 20.8 Å². The summed E-state index contributed by atoms with van der Waals surface area (Å²) in [6.45, 7) is 5.52. The van der Waals surface area contributed by atoms with Crippen LogP contribution in [0.5, 0.6) is 0 Å². The molecule has 0 heterocycles. The molecule has 0 saturated carbocycles. The van der Waals surface area contributed by atoms with E-state index in [1.807, 2.05) is 20.8 Å². The minimum atomic E-state index is -1.10. The van der Waals surface area contributed by atoms with Crippen LogP contribution in [0.2, 0.25) is 0 Å². The molecule has 0 radical (unpaired) electrons. The average molecular weight is 133 g/mol. The van der Waals surface area contributed by atoms with Crippen LogP contribution in [-0.4, -0.2) is 14.5 Å². The first kappa shape index (κ1) is 7.82. The maximum Gasteiger partial charge on any atom is 0.0824 e. The smallest absolute Gasteiger partial charge is 0.0824 e. The quantitative estimate of drug-likeness (QED) is 0.423. The molecule has 0 bridgehead atoms. The van der Waals surface area contributed by atoms with Crippen LogP contribution in [0.3, 0.4) is 0 Å². The lowest BCUT2D eigenvalue weighted by molar-refractivity contribution is 0.659. The molecule has 3 heteroatoms. The van der Waals surface area contributed by atoms with Gasteiger partial charge in [0.25, 0.3) is 0 Å². The van der Waals surface area contributed by atoms with Gasteiger partial charge < -0.3 is 0 Å². The Balaban J connectivity index is 4.02. The minimum absolute atomic E-state index is 0.262. The third-order valence-corrected chi connectivity index (χ3v) is 2.13. The molecule has 0 aromatic carbocycles. The maximum atomic E-state index is 10.7. The summed E-state index contributed by atoms with van der Waals surface area (Å²) in [5.41, 5.74) is 0.972. The molecule has 0 aromatic rings. The molecule has 1 N–H and O–H groups in total. The Kier molecular flexibility index (Phi) is 2.34. The van der Waals surface area contributed by atoms with E-state index in [4.69, 9.17) is 5.41 Å². The summed E-state index contributed by atoms with van der Waals surface area (Å²) in [6, 6.07) is 0. The Morgan fingerprint density at radius 3 is 1.88 bits per heavy atom. The van der Waals surface area contributed by atoms with E-state index in [-0.39, 0.29) is 4.75 Å². The lowest BCUT2D eigenvalue weighted by atomic mass is 10.3. The molecule has 0 fully saturated rings. The number of rotatable bonds is 1. The lowest BCUT2D eigenvalue weighted by Crippen LogP contribution is -2.21. The van der Waals surface area contributed by atoms with Crippen LogP contribution < -0.4 is 0 Å². The first-order valence-electron chi connectivity index (χ1n) is 2.40. The van der Waals surface area contributed by atoms with Gasteiger partial charge in [0.1, 0.15) is 0 Å². The Morgan fingerprint density at radius 2 is 1.88 bits per heavy atom.